The van der Waals surface area contributed by atoms with Gasteiger partial charge in [-0.25, -0.2) is 9.37 Å². The Labute approximate surface area is 147 Å². The van der Waals surface area contributed by atoms with E-state index in [-0.39, 0.29) is 11.4 Å². The minimum absolute atomic E-state index is 0.134. The van der Waals surface area contributed by atoms with Gasteiger partial charge in [0.1, 0.15) is 16.3 Å². The van der Waals surface area contributed by atoms with Crippen LogP contribution in [0.4, 0.5) is 4.39 Å². The van der Waals surface area contributed by atoms with Crippen LogP contribution < -0.4 is 5.56 Å². The summed E-state index contributed by atoms with van der Waals surface area (Å²) < 4.78 is 14.7. The molecule has 0 atom stereocenters. The van der Waals surface area contributed by atoms with Gasteiger partial charge in [-0.15, -0.1) is 11.3 Å². The van der Waals surface area contributed by atoms with Gasteiger partial charge >= 0.3 is 0 Å². The molecule has 0 amide bonds. The molecule has 7 heteroatoms. The first-order valence-electron chi connectivity index (χ1n) is 7.70. The van der Waals surface area contributed by atoms with E-state index in [1.54, 1.807) is 12.1 Å². The van der Waals surface area contributed by atoms with Crippen molar-refractivity contribution in [2.24, 2.45) is 0 Å². The molecule has 0 saturated carbocycles. The van der Waals surface area contributed by atoms with Gasteiger partial charge in [0.05, 0.1) is 12.1 Å². The maximum Gasteiger partial charge on any atom is 0.268 e. The first-order chi connectivity index (χ1) is 11.6. The summed E-state index contributed by atoms with van der Waals surface area (Å²) in [6.07, 6.45) is 0.900. The number of benzene rings is 1. The number of hydrogen-bond donors (Lipinski definition) is 1. The third-order valence-corrected chi connectivity index (χ3v) is 4.98. The highest BCUT2D eigenvalue weighted by atomic mass is 35.5. The van der Waals surface area contributed by atoms with Crippen molar-refractivity contribution in [2.75, 3.05) is 6.54 Å². The molecule has 0 aliphatic rings. The highest BCUT2D eigenvalue weighted by molar-refractivity contribution is 7.17. The van der Waals surface area contributed by atoms with E-state index in [4.69, 9.17) is 11.6 Å². The summed E-state index contributed by atoms with van der Waals surface area (Å²) in [5, 5.41) is 2.26. The summed E-state index contributed by atoms with van der Waals surface area (Å²) >= 11 is 7.50. The lowest BCUT2D eigenvalue weighted by molar-refractivity contribution is 0.247. The predicted octanol–water partition coefficient (Wildman–Crippen LogP) is 4.19. The van der Waals surface area contributed by atoms with Gasteiger partial charge in [0.15, 0.2) is 0 Å². The monoisotopic (exact) mass is 365 g/mol. The maximum atomic E-state index is 14.0. The second kappa shape index (κ2) is 7.42. The number of nitrogens with one attached hydrogen (secondary N) is 1. The summed E-state index contributed by atoms with van der Waals surface area (Å²) in [5.74, 6) is 0.255. The third kappa shape index (κ3) is 3.66. The predicted molar refractivity (Wildman–Crippen MR) is 96.1 cm³/mol. The molecule has 0 fully saturated rings. The van der Waals surface area contributed by atoms with Crippen LogP contribution in [0, 0.1) is 5.82 Å². The Hall–Kier alpha value is -1.76. The molecule has 4 nitrogen and oxygen atoms in total. The number of fused-ring (bicyclic) bond motifs is 1. The van der Waals surface area contributed by atoms with Crippen LogP contribution >= 0.6 is 22.9 Å². The molecule has 0 bridgehead atoms. The zero-order valence-electron chi connectivity index (χ0n) is 13.2. The number of nitrogens with zero attached hydrogens (tertiary/aromatic N) is 2. The maximum absolute atomic E-state index is 14.0. The molecule has 126 valence electrons. The Morgan fingerprint density at radius 3 is 2.92 bits per heavy atom. The molecule has 1 aromatic carbocycles. The topological polar surface area (TPSA) is 49.0 Å². The van der Waals surface area contributed by atoms with E-state index in [0.717, 1.165) is 13.0 Å². The zero-order chi connectivity index (χ0) is 17.1. The number of aromatic amines is 1. The van der Waals surface area contributed by atoms with Crippen molar-refractivity contribution < 1.29 is 4.39 Å². The molecule has 3 aromatic rings. The van der Waals surface area contributed by atoms with Gasteiger partial charge in [-0.1, -0.05) is 24.6 Å². The van der Waals surface area contributed by atoms with Crippen LogP contribution in [0.15, 0.2) is 34.4 Å². The number of rotatable bonds is 6. The highest BCUT2D eigenvalue weighted by Gasteiger charge is 2.14. The lowest BCUT2D eigenvalue weighted by atomic mass is 10.2. The molecule has 0 radical (unpaired) electrons. The van der Waals surface area contributed by atoms with Gasteiger partial charge < -0.3 is 4.98 Å². The Balaban J connectivity index is 1.86. The Morgan fingerprint density at radius 1 is 1.33 bits per heavy atom. The molecule has 2 aromatic heterocycles. The molecule has 0 aliphatic heterocycles. The highest BCUT2D eigenvalue weighted by Crippen LogP contribution is 2.22. The molecule has 0 spiro atoms. The Bertz CT molecular complexity index is 888. The van der Waals surface area contributed by atoms with E-state index >= 15 is 0 Å². The average Bonchev–Trinajstić information content (AvgIpc) is 3.00. The summed E-state index contributed by atoms with van der Waals surface area (Å²) in [6.45, 7) is 3.59. The molecule has 3 rings (SSSR count). The third-order valence-electron chi connectivity index (χ3n) is 3.72. The van der Waals surface area contributed by atoms with Crippen molar-refractivity contribution in [2.45, 2.75) is 26.4 Å². The van der Waals surface area contributed by atoms with Crippen LogP contribution in [-0.4, -0.2) is 21.4 Å². The summed E-state index contributed by atoms with van der Waals surface area (Å²) in [4.78, 5) is 21.4. The van der Waals surface area contributed by atoms with E-state index < -0.39 is 0 Å². The van der Waals surface area contributed by atoms with E-state index in [0.29, 0.717) is 39.7 Å². The van der Waals surface area contributed by atoms with E-state index in [1.165, 1.54) is 17.4 Å². The fraction of sp³-hybridized carbons (Fsp3) is 0.294. The lowest BCUT2D eigenvalue weighted by Gasteiger charge is -2.22. The largest absolute Gasteiger partial charge is 0.308 e. The van der Waals surface area contributed by atoms with Gasteiger partial charge in [-0.2, -0.15) is 0 Å². The first-order valence-corrected chi connectivity index (χ1v) is 8.96. The van der Waals surface area contributed by atoms with Crippen molar-refractivity contribution in [3.63, 3.8) is 0 Å². The van der Waals surface area contributed by atoms with E-state index in [1.807, 2.05) is 23.3 Å². The molecule has 0 unspecified atom stereocenters. The average molecular weight is 366 g/mol. The van der Waals surface area contributed by atoms with Crippen LogP contribution in [0.2, 0.25) is 5.02 Å². The van der Waals surface area contributed by atoms with Gasteiger partial charge in [0, 0.05) is 17.1 Å². The van der Waals surface area contributed by atoms with Gasteiger partial charge in [-0.3, -0.25) is 9.69 Å². The zero-order valence-corrected chi connectivity index (χ0v) is 14.8. The number of hydrogen-bond acceptors (Lipinski definition) is 4. The van der Waals surface area contributed by atoms with Crippen molar-refractivity contribution in [3.05, 3.63) is 62.2 Å². The Kier molecular flexibility index (Phi) is 5.28. The van der Waals surface area contributed by atoms with Crippen molar-refractivity contribution in [1.29, 1.82) is 0 Å². The van der Waals surface area contributed by atoms with E-state index in [9.17, 15) is 9.18 Å². The molecule has 24 heavy (non-hydrogen) atoms. The minimum atomic E-state index is -0.321. The number of halogens is 2. The Morgan fingerprint density at radius 2 is 2.17 bits per heavy atom. The van der Waals surface area contributed by atoms with Crippen LogP contribution in [0.1, 0.15) is 24.7 Å². The van der Waals surface area contributed by atoms with Crippen molar-refractivity contribution >= 4 is 33.2 Å². The summed E-state index contributed by atoms with van der Waals surface area (Å²) in [5.41, 5.74) is 1.02. The molecular formula is C17H17ClFN3OS. The first kappa shape index (κ1) is 17.1. The smallest absolute Gasteiger partial charge is 0.268 e. The summed E-state index contributed by atoms with van der Waals surface area (Å²) in [7, 11) is 0. The molecule has 2 heterocycles. The molecule has 0 aliphatic carbocycles. The fourth-order valence-corrected chi connectivity index (χ4v) is 3.59. The van der Waals surface area contributed by atoms with Crippen LogP contribution in [0.5, 0.6) is 0 Å². The van der Waals surface area contributed by atoms with Crippen LogP contribution in [0.25, 0.3) is 10.2 Å². The molecule has 0 saturated heterocycles. The SMILES string of the molecule is CCCN(Cc1nc2ccsc2c(=O)[nH]1)Cc1c(F)cccc1Cl. The van der Waals surface area contributed by atoms with Gasteiger partial charge in [0.2, 0.25) is 0 Å². The lowest BCUT2D eigenvalue weighted by Crippen LogP contribution is -2.26. The van der Waals surface area contributed by atoms with Crippen LogP contribution in [-0.2, 0) is 13.1 Å². The second-order valence-corrected chi connectivity index (χ2v) is 6.88. The second-order valence-electron chi connectivity index (χ2n) is 5.56. The standard InChI is InChI=1S/C17H17ClFN3OS/c1-2-7-22(9-11-12(18)4-3-5-13(11)19)10-15-20-14-6-8-24-16(14)17(23)21-15/h3-6,8H,2,7,9-10H2,1H3,(H,20,21,23). The molecular weight excluding hydrogens is 349 g/mol. The van der Waals surface area contributed by atoms with E-state index in [2.05, 4.69) is 9.97 Å². The minimum Gasteiger partial charge on any atom is -0.308 e. The molecule has 1 N–H and O–H groups in total. The number of H-pyrrole nitrogens is 1. The van der Waals surface area contributed by atoms with Crippen molar-refractivity contribution in [1.82, 2.24) is 14.9 Å². The van der Waals surface area contributed by atoms with Gasteiger partial charge in [0.25, 0.3) is 5.56 Å². The number of thiophene rings is 1. The van der Waals surface area contributed by atoms with Gasteiger partial charge in [-0.05, 0) is 36.5 Å². The normalized spacial score (nSPS) is 11.5. The number of aromatic nitrogens is 2. The van der Waals surface area contributed by atoms with Crippen LogP contribution in [0.3, 0.4) is 0 Å². The quantitative estimate of drug-likeness (QED) is 0.712. The van der Waals surface area contributed by atoms with Crippen molar-refractivity contribution in [3.8, 4) is 0 Å². The fourth-order valence-electron chi connectivity index (χ4n) is 2.65. The summed E-state index contributed by atoms with van der Waals surface area (Å²) in [6, 6.07) is 6.51.